The normalized spacial score (nSPS) is 19.8. The highest BCUT2D eigenvalue weighted by atomic mass is 17.2. The Balaban J connectivity index is 1.30. The second-order valence-corrected chi connectivity index (χ2v) is 9.13. The van der Waals surface area contributed by atoms with Crippen LogP contribution in [0.3, 0.4) is 0 Å². The molecule has 1 amide bonds. The van der Waals surface area contributed by atoms with Crippen LogP contribution in [-0.4, -0.2) is 30.4 Å². The molecule has 1 fully saturated rings. The lowest BCUT2D eigenvalue weighted by Gasteiger charge is -2.23. The molecule has 5 rings (SSSR count). The molecule has 3 aromatic rings. The molecule has 1 saturated heterocycles. The highest BCUT2D eigenvalue weighted by Gasteiger charge is 2.58. The summed E-state index contributed by atoms with van der Waals surface area (Å²) in [7, 11) is 0. The van der Waals surface area contributed by atoms with Gasteiger partial charge in [-0.15, -0.1) is 0 Å². The summed E-state index contributed by atoms with van der Waals surface area (Å²) < 4.78 is 12.0. The summed E-state index contributed by atoms with van der Waals surface area (Å²) in [5.41, 5.74) is 2.92. The van der Waals surface area contributed by atoms with Gasteiger partial charge >= 0.3 is 12.1 Å². The minimum atomic E-state index is -0.572. The molecule has 0 radical (unpaired) electrons. The number of hydrogen-bond acceptors (Lipinski definition) is 6. The van der Waals surface area contributed by atoms with Crippen LogP contribution in [0.1, 0.15) is 37.3 Å². The summed E-state index contributed by atoms with van der Waals surface area (Å²) in [4.78, 5) is 37.0. The second kappa shape index (κ2) is 10.4. The third kappa shape index (κ3) is 5.06. The SMILES string of the molecule is CCCC(=O)OOc1cccc2c1CCC1OC1(COC(=O)N(c1ccccc1)c1ccccc1)C2. The Hall–Kier alpha value is -3.84. The van der Waals surface area contributed by atoms with Gasteiger partial charge in [0.2, 0.25) is 0 Å². The monoisotopic (exact) mass is 487 g/mol. The Kier molecular flexibility index (Phi) is 6.91. The van der Waals surface area contributed by atoms with Crippen LogP contribution in [-0.2, 0) is 32.0 Å². The zero-order valence-corrected chi connectivity index (χ0v) is 20.2. The first kappa shape index (κ1) is 23.9. The summed E-state index contributed by atoms with van der Waals surface area (Å²) in [6, 6.07) is 24.6. The molecular formula is C29H29NO6. The maximum atomic E-state index is 13.3. The summed E-state index contributed by atoms with van der Waals surface area (Å²) in [5.74, 6) is 0.157. The zero-order chi connectivity index (χ0) is 25.0. The minimum absolute atomic E-state index is 0.0184. The van der Waals surface area contributed by atoms with E-state index in [0.717, 1.165) is 35.3 Å². The van der Waals surface area contributed by atoms with Gasteiger partial charge < -0.3 is 9.47 Å². The van der Waals surface area contributed by atoms with Crippen LogP contribution < -0.4 is 9.79 Å². The number of fused-ring (bicyclic) bond motifs is 2. The fourth-order valence-corrected chi connectivity index (χ4v) is 4.74. The average Bonchev–Trinajstić information content (AvgIpc) is 3.61. The first-order valence-corrected chi connectivity index (χ1v) is 12.3. The first-order chi connectivity index (χ1) is 17.6. The van der Waals surface area contributed by atoms with Crippen molar-refractivity contribution in [1.29, 1.82) is 0 Å². The maximum Gasteiger partial charge on any atom is 0.419 e. The van der Waals surface area contributed by atoms with E-state index in [1.54, 1.807) is 11.0 Å². The van der Waals surface area contributed by atoms with Gasteiger partial charge in [-0.2, -0.15) is 0 Å². The predicted molar refractivity (Wildman–Crippen MR) is 134 cm³/mol. The number of rotatable bonds is 8. The van der Waals surface area contributed by atoms with Crippen LogP contribution in [0.4, 0.5) is 16.2 Å². The molecule has 36 heavy (non-hydrogen) atoms. The Labute approximate surface area is 210 Å². The van der Waals surface area contributed by atoms with Gasteiger partial charge in [0.15, 0.2) is 5.75 Å². The molecule has 0 N–H and O–H groups in total. The van der Waals surface area contributed by atoms with Crippen LogP contribution in [0, 0.1) is 0 Å². The molecule has 7 nitrogen and oxygen atoms in total. The number of para-hydroxylation sites is 2. The van der Waals surface area contributed by atoms with Crippen LogP contribution in [0.25, 0.3) is 0 Å². The largest absolute Gasteiger partial charge is 0.446 e. The van der Waals surface area contributed by atoms with Crippen LogP contribution in [0.5, 0.6) is 5.75 Å². The molecule has 1 heterocycles. The van der Waals surface area contributed by atoms with Gasteiger partial charge in [0.25, 0.3) is 0 Å². The van der Waals surface area contributed by atoms with E-state index < -0.39 is 11.7 Å². The Bertz CT molecular complexity index is 1180. The lowest BCUT2D eigenvalue weighted by Crippen LogP contribution is -2.33. The molecule has 2 atom stereocenters. The van der Waals surface area contributed by atoms with Gasteiger partial charge in [-0.25, -0.2) is 14.5 Å². The van der Waals surface area contributed by atoms with Crippen molar-refractivity contribution in [3.63, 3.8) is 0 Å². The van der Waals surface area contributed by atoms with E-state index in [1.807, 2.05) is 79.7 Å². The number of carbonyl (C=O) groups is 2. The summed E-state index contributed by atoms with van der Waals surface area (Å²) in [6.07, 6.45) is 2.59. The topological polar surface area (TPSA) is 77.6 Å². The van der Waals surface area contributed by atoms with Crippen molar-refractivity contribution in [3.8, 4) is 5.75 Å². The van der Waals surface area contributed by atoms with E-state index in [9.17, 15) is 9.59 Å². The fourth-order valence-electron chi connectivity index (χ4n) is 4.74. The minimum Gasteiger partial charge on any atom is -0.446 e. The molecule has 1 aliphatic heterocycles. The van der Waals surface area contributed by atoms with Crippen molar-refractivity contribution in [2.45, 2.75) is 50.7 Å². The van der Waals surface area contributed by atoms with Gasteiger partial charge in [0.05, 0.1) is 17.5 Å². The van der Waals surface area contributed by atoms with E-state index in [0.29, 0.717) is 25.0 Å². The van der Waals surface area contributed by atoms with Gasteiger partial charge in [-0.05, 0) is 55.2 Å². The number of amides is 1. The van der Waals surface area contributed by atoms with Gasteiger partial charge in [-0.3, -0.25) is 9.78 Å². The number of nitrogens with zero attached hydrogens (tertiary/aromatic N) is 1. The van der Waals surface area contributed by atoms with Crippen molar-refractivity contribution < 1.29 is 28.8 Å². The quantitative estimate of drug-likeness (QED) is 0.223. The highest BCUT2D eigenvalue weighted by molar-refractivity contribution is 5.95. The number of epoxide rings is 1. The predicted octanol–water partition coefficient (Wildman–Crippen LogP) is 5.92. The van der Waals surface area contributed by atoms with Crippen molar-refractivity contribution >= 4 is 23.4 Å². The average molecular weight is 488 g/mol. The van der Waals surface area contributed by atoms with Crippen LogP contribution >= 0.6 is 0 Å². The molecule has 0 bridgehead atoms. The fraction of sp³-hybridized carbons (Fsp3) is 0.310. The maximum absolute atomic E-state index is 13.3. The summed E-state index contributed by atoms with van der Waals surface area (Å²) in [6.45, 7) is 2.05. The number of ether oxygens (including phenoxy) is 2. The van der Waals surface area contributed by atoms with E-state index >= 15 is 0 Å². The van der Waals surface area contributed by atoms with E-state index in [-0.39, 0.29) is 18.7 Å². The highest BCUT2D eigenvalue weighted by Crippen LogP contribution is 2.47. The van der Waals surface area contributed by atoms with E-state index in [2.05, 4.69) is 0 Å². The molecule has 3 aromatic carbocycles. The van der Waals surface area contributed by atoms with E-state index in [4.69, 9.17) is 19.2 Å². The molecule has 2 aliphatic rings. The number of carbonyl (C=O) groups excluding carboxylic acids is 2. The number of benzene rings is 3. The molecular weight excluding hydrogens is 458 g/mol. The van der Waals surface area contributed by atoms with Crippen molar-refractivity contribution in [1.82, 2.24) is 0 Å². The second-order valence-electron chi connectivity index (χ2n) is 9.13. The van der Waals surface area contributed by atoms with Gasteiger partial charge in [0.1, 0.15) is 12.2 Å². The smallest absolute Gasteiger partial charge is 0.419 e. The van der Waals surface area contributed by atoms with Crippen molar-refractivity contribution in [2.24, 2.45) is 0 Å². The van der Waals surface area contributed by atoms with E-state index in [1.165, 1.54) is 0 Å². The third-order valence-corrected chi connectivity index (χ3v) is 6.61. The molecule has 1 aliphatic carbocycles. The van der Waals surface area contributed by atoms with Gasteiger partial charge in [0, 0.05) is 18.4 Å². The number of hydrogen-bond donors (Lipinski definition) is 0. The molecule has 0 aromatic heterocycles. The summed E-state index contributed by atoms with van der Waals surface area (Å²) >= 11 is 0. The Morgan fingerprint density at radius 2 is 1.67 bits per heavy atom. The molecule has 0 saturated carbocycles. The van der Waals surface area contributed by atoms with Crippen LogP contribution in [0.2, 0.25) is 0 Å². The Morgan fingerprint density at radius 1 is 0.972 bits per heavy atom. The van der Waals surface area contributed by atoms with Crippen molar-refractivity contribution in [2.75, 3.05) is 11.5 Å². The van der Waals surface area contributed by atoms with Gasteiger partial charge in [-0.1, -0.05) is 55.5 Å². The van der Waals surface area contributed by atoms with Crippen LogP contribution in [0.15, 0.2) is 78.9 Å². The molecule has 186 valence electrons. The lowest BCUT2D eigenvalue weighted by atomic mass is 9.96. The molecule has 0 spiro atoms. The first-order valence-electron chi connectivity index (χ1n) is 12.3. The Morgan fingerprint density at radius 3 is 2.33 bits per heavy atom. The van der Waals surface area contributed by atoms with Crippen molar-refractivity contribution in [3.05, 3.63) is 90.0 Å². The lowest BCUT2D eigenvalue weighted by molar-refractivity contribution is -0.214. The standard InChI is InChI=1S/C29H29NO6/c1-2-10-27(31)36-35-25-16-9-11-21-19-29(26(34-29)18-17-24(21)25)20-33-28(32)30(22-12-5-3-6-13-22)23-14-7-4-8-15-23/h3-9,11-16,26H,2,10,17-20H2,1H3. The third-order valence-electron chi connectivity index (χ3n) is 6.61. The summed E-state index contributed by atoms with van der Waals surface area (Å²) in [5, 5.41) is 0. The molecule has 7 heteroatoms. The zero-order valence-electron chi connectivity index (χ0n) is 20.2. The number of anilines is 2. The molecule has 2 unspecified atom stereocenters.